The van der Waals surface area contributed by atoms with Crippen LogP contribution in [0.2, 0.25) is 0 Å². The highest BCUT2D eigenvalue weighted by molar-refractivity contribution is 9.10. The second-order valence-electron chi connectivity index (χ2n) is 2.65. The van der Waals surface area contributed by atoms with Gasteiger partial charge in [-0.2, -0.15) is 0 Å². The second-order valence-corrected chi connectivity index (χ2v) is 4.02. The van der Waals surface area contributed by atoms with Crippen molar-refractivity contribution < 1.29 is 19.1 Å². The van der Waals surface area contributed by atoms with Gasteiger partial charge in [0.05, 0.1) is 0 Å². The molecule has 1 aliphatic rings. The molecular formula is C8H8BrNO4. The van der Waals surface area contributed by atoms with Crippen LogP contribution < -0.4 is 0 Å². The highest BCUT2D eigenvalue weighted by atomic mass is 79.9. The molecule has 0 saturated heterocycles. The Morgan fingerprint density at radius 1 is 1.50 bits per heavy atom. The van der Waals surface area contributed by atoms with Crippen molar-refractivity contribution in [3.05, 3.63) is 12.2 Å². The van der Waals surface area contributed by atoms with Crippen LogP contribution in [-0.2, 0) is 19.1 Å². The summed E-state index contributed by atoms with van der Waals surface area (Å²) in [5, 5.41) is 0. The summed E-state index contributed by atoms with van der Waals surface area (Å²) < 4.78 is 4.69. The van der Waals surface area contributed by atoms with Gasteiger partial charge >= 0.3 is 5.97 Å². The molecule has 14 heavy (non-hydrogen) atoms. The lowest BCUT2D eigenvalue weighted by atomic mass is 10.5. The van der Waals surface area contributed by atoms with E-state index in [4.69, 9.17) is 0 Å². The minimum atomic E-state index is -0.516. The molecule has 1 aliphatic heterocycles. The molecule has 1 heterocycles. The van der Waals surface area contributed by atoms with Crippen LogP contribution in [0.4, 0.5) is 0 Å². The Morgan fingerprint density at radius 3 is 2.43 bits per heavy atom. The van der Waals surface area contributed by atoms with Gasteiger partial charge in [0.25, 0.3) is 11.8 Å². The Labute approximate surface area is 88.8 Å². The average molecular weight is 262 g/mol. The summed E-state index contributed by atoms with van der Waals surface area (Å²) in [7, 11) is 0. The monoisotopic (exact) mass is 261 g/mol. The van der Waals surface area contributed by atoms with Crippen LogP contribution in [0.15, 0.2) is 12.2 Å². The van der Waals surface area contributed by atoms with Gasteiger partial charge in [-0.3, -0.25) is 14.4 Å². The summed E-state index contributed by atoms with van der Waals surface area (Å²) in [5.74, 6) is -1.45. The van der Waals surface area contributed by atoms with E-state index in [1.807, 2.05) is 0 Å². The van der Waals surface area contributed by atoms with E-state index in [9.17, 15) is 14.4 Å². The van der Waals surface area contributed by atoms with Gasteiger partial charge < -0.3 is 4.74 Å². The van der Waals surface area contributed by atoms with Gasteiger partial charge in [0.15, 0.2) is 6.73 Å². The Morgan fingerprint density at radius 2 is 2.00 bits per heavy atom. The fourth-order valence-electron chi connectivity index (χ4n) is 0.801. The van der Waals surface area contributed by atoms with Crippen molar-refractivity contribution in [2.45, 2.75) is 11.8 Å². The lowest BCUT2D eigenvalue weighted by Gasteiger charge is -2.14. The first-order valence-electron chi connectivity index (χ1n) is 3.86. The van der Waals surface area contributed by atoms with Crippen molar-refractivity contribution in [1.29, 1.82) is 0 Å². The van der Waals surface area contributed by atoms with Gasteiger partial charge in [-0.1, -0.05) is 15.9 Å². The SMILES string of the molecule is CC(Br)C(=O)OCN1C(=O)C=CC1=O. The maximum Gasteiger partial charge on any atom is 0.321 e. The second kappa shape index (κ2) is 4.36. The third-order valence-electron chi connectivity index (χ3n) is 1.56. The van der Waals surface area contributed by atoms with E-state index in [0.717, 1.165) is 17.1 Å². The maximum absolute atomic E-state index is 11.0. The molecule has 0 aromatic carbocycles. The van der Waals surface area contributed by atoms with Crippen molar-refractivity contribution >= 4 is 33.7 Å². The molecule has 0 fully saturated rings. The number of halogens is 1. The molecule has 0 aromatic heterocycles. The predicted octanol–water partition coefficient (Wildman–Crippen LogP) is 0.196. The van der Waals surface area contributed by atoms with E-state index in [-0.39, 0.29) is 6.73 Å². The maximum atomic E-state index is 11.0. The predicted molar refractivity (Wildman–Crippen MR) is 50.3 cm³/mol. The number of hydrogen-bond donors (Lipinski definition) is 0. The van der Waals surface area contributed by atoms with Crippen LogP contribution in [0.3, 0.4) is 0 Å². The molecule has 1 atom stereocenters. The van der Waals surface area contributed by atoms with E-state index in [2.05, 4.69) is 20.7 Å². The molecule has 1 unspecified atom stereocenters. The quantitative estimate of drug-likeness (QED) is 0.414. The Balaban J connectivity index is 2.43. The van der Waals surface area contributed by atoms with Gasteiger partial charge in [0.2, 0.25) is 0 Å². The normalized spacial score (nSPS) is 17.4. The van der Waals surface area contributed by atoms with Crippen molar-refractivity contribution in [2.75, 3.05) is 6.73 Å². The molecule has 0 saturated carbocycles. The van der Waals surface area contributed by atoms with Crippen LogP contribution >= 0.6 is 15.9 Å². The van der Waals surface area contributed by atoms with E-state index in [0.29, 0.717) is 0 Å². The van der Waals surface area contributed by atoms with E-state index in [1.165, 1.54) is 0 Å². The first-order valence-corrected chi connectivity index (χ1v) is 4.78. The fourth-order valence-corrected chi connectivity index (χ4v) is 0.934. The van der Waals surface area contributed by atoms with E-state index in [1.54, 1.807) is 6.92 Å². The zero-order valence-electron chi connectivity index (χ0n) is 7.40. The minimum absolute atomic E-state index is 0.334. The number of nitrogens with zero attached hydrogens (tertiary/aromatic N) is 1. The van der Waals surface area contributed by atoms with Crippen molar-refractivity contribution in [1.82, 2.24) is 4.90 Å². The first kappa shape index (κ1) is 10.9. The molecular weight excluding hydrogens is 254 g/mol. The van der Waals surface area contributed by atoms with Crippen LogP contribution in [0, 0.1) is 0 Å². The third-order valence-corrected chi connectivity index (χ3v) is 1.94. The van der Waals surface area contributed by atoms with E-state index < -0.39 is 22.6 Å². The van der Waals surface area contributed by atoms with Crippen molar-refractivity contribution in [3.8, 4) is 0 Å². The van der Waals surface area contributed by atoms with Gasteiger partial charge in [0.1, 0.15) is 4.83 Å². The van der Waals surface area contributed by atoms with Gasteiger partial charge in [0, 0.05) is 12.2 Å². The molecule has 0 radical (unpaired) electrons. The molecule has 5 nitrogen and oxygen atoms in total. The largest absolute Gasteiger partial charge is 0.443 e. The molecule has 6 heteroatoms. The Bertz CT molecular complexity index is 292. The van der Waals surface area contributed by atoms with Gasteiger partial charge in [-0.15, -0.1) is 0 Å². The molecule has 76 valence electrons. The van der Waals surface area contributed by atoms with Crippen LogP contribution in [-0.4, -0.2) is 34.2 Å². The van der Waals surface area contributed by atoms with Gasteiger partial charge in [-0.25, -0.2) is 4.90 Å². The number of alkyl halides is 1. The first-order chi connectivity index (χ1) is 6.52. The van der Waals surface area contributed by atoms with Crippen LogP contribution in [0.1, 0.15) is 6.92 Å². The summed E-state index contributed by atoms with van der Waals surface area (Å²) in [4.78, 5) is 33.3. The third kappa shape index (κ3) is 2.41. The number of amides is 2. The summed E-state index contributed by atoms with van der Waals surface area (Å²) in [6.07, 6.45) is 2.27. The molecule has 0 N–H and O–H groups in total. The molecule has 1 rings (SSSR count). The number of ether oxygens (including phenoxy) is 1. The highest BCUT2D eigenvalue weighted by Crippen LogP contribution is 2.05. The summed E-state index contributed by atoms with van der Waals surface area (Å²) >= 11 is 3.00. The Hall–Kier alpha value is -1.17. The molecule has 0 aliphatic carbocycles. The van der Waals surface area contributed by atoms with Crippen molar-refractivity contribution in [3.63, 3.8) is 0 Å². The number of hydrogen-bond acceptors (Lipinski definition) is 4. The van der Waals surface area contributed by atoms with Crippen LogP contribution in [0.5, 0.6) is 0 Å². The highest BCUT2D eigenvalue weighted by Gasteiger charge is 2.24. The number of carbonyl (C=O) groups excluding carboxylic acids is 3. The smallest absolute Gasteiger partial charge is 0.321 e. The molecule has 0 spiro atoms. The Kier molecular flexibility index (Phi) is 3.40. The summed E-state index contributed by atoms with van der Waals surface area (Å²) in [6, 6.07) is 0. The van der Waals surface area contributed by atoms with Crippen LogP contribution in [0.25, 0.3) is 0 Å². The lowest BCUT2D eigenvalue weighted by Crippen LogP contribution is -2.34. The summed E-state index contributed by atoms with van der Waals surface area (Å²) in [5.41, 5.74) is 0. The zero-order valence-corrected chi connectivity index (χ0v) is 8.98. The number of imide groups is 1. The van der Waals surface area contributed by atoms with E-state index >= 15 is 0 Å². The fraction of sp³-hybridized carbons (Fsp3) is 0.375. The number of carbonyl (C=O) groups is 3. The molecule has 2 amide bonds. The standard InChI is InChI=1S/C8H8BrNO4/c1-5(9)8(13)14-4-10-6(11)2-3-7(10)12/h2-3,5H,4H2,1H3. The topological polar surface area (TPSA) is 63.7 Å². The zero-order chi connectivity index (χ0) is 10.7. The number of rotatable bonds is 3. The molecule has 0 aromatic rings. The van der Waals surface area contributed by atoms with Crippen molar-refractivity contribution in [2.24, 2.45) is 0 Å². The van der Waals surface area contributed by atoms with Gasteiger partial charge in [-0.05, 0) is 6.92 Å². The lowest BCUT2D eigenvalue weighted by molar-refractivity contribution is -0.153. The summed E-state index contributed by atoms with van der Waals surface area (Å²) in [6.45, 7) is 1.26. The number of esters is 1. The minimum Gasteiger partial charge on any atom is -0.443 e. The average Bonchev–Trinajstić information content (AvgIpc) is 2.43. The molecule has 0 bridgehead atoms.